The van der Waals surface area contributed by atoms with Gasteiger partial charge in [0.25, 0.3) is 0 Å². The van der Waals surface area contributed by atoms with Crippen LogP contribution in [0, 0.1) is 5.82 Å². The van der Waals surface area contributed by atoms with Crippen LogP contribution in [0.1, 0.15) is 6.42 Å². The molecule has 0 saturated carbocycles. The number of aryl methyl sites for hydroxylation is 1. The first-order valence-electron chi connectivity index (χ1n) is 8.88. The fourth-order valence-corrected chi connectivity index (χ4v) is 4.49. The Bertz CT molecular complexity index is 1220. The van der Waals surface area contributed by atoms with Crippen molar-refractivity contribution in [3.05, 3.63) is 58.8 Å². The van der Waals surface area contributed by atoms with Crippen molar-refractivity contribution in [3.63, 3.8) is 0 Å². The molecule has 2 N–H and O–H groups in total. The highest BCUT2D eigenvalue weighted by molar-refractivity contribution is 7.98. The molecular weight excluding hydrogens is 433 g/mol. The normalized spacial score (nSPS) is 12.8. The number of amides is 1. The molecule has 0 saturated heterocycles. The van der Waals surface area contributed by atoms with Crippen LogP contribution in [0.4, 0.5) is 10.1 Å². The van der Waals surface area contributed by atoms with Gasteiger partial charge in [0.1, 0.15) is 11.9 Å². The van der Waals surface area contributed by atoms with E-state index in [0.29, 0.717) is 17.0 Å². The van der Waals surface area contributed by atoms with Crippen LogP contribution in [0.3, 0.4) is 0 Å². The van der Waals surface area contributed by atoms with E-state index < -0.39 is 33.5 Å². The average molecular weight is 454 g/mol. The van der Waals surface area contributed by atoms with E-state index in [-0.39, 0.29) is 16.9 Å². The Morgan fingerprint density at radius 1 is 1.23 bits per heavy atom. The molecular formula is C19H20FN3O5S2. The highest BCUT2D eigenvalue weighted by atomic mass is 32.2. The predicted octanol–water partition coefficient (Wildman–Crippen LogP) is 2.31. The maximum Gasteiger partial charge on any atom is 0.419 e. The molecule has 1 atom stereocenters. The van der Waals surface area contributed by atoms with Crippen LogP contribution in [0.25, 0.3) is 11.1 Å². The molecule has 0 bridgehead atoms. The maximum atomic E-state index is 13.1. The van der Waals surface area contributed by atoms with Crippen LogP contribution in [0.15, 0.2) is 56.6 Å². The van der Waals surface area contributed by atoms with Gasteiger partial charge in [0.05, 0.1) is 10.4 Å². The van der Waals surface area contributed by atoms with Gasteiger partial charge in [-0.1, -0.05) is 0 Å². The van der Waals surface area contributed by atoms with Gasteiger partial charge in [0, 0.05) is 18.8 Å². The Morgan fingerprint density at radius 2 is 1.93 bits per heavy atom. The Hall–Kier alpha value is -2.63. The molecule has 1 aromatic heterocycles. The van der Waals surface area contributed by atoms with Crippen LogP contribution < -0.4 is 15.8 Å². The summed E-state index contributed by atoms with van der Waals surface area (Å²) >= 11 is 1.47. The van der Waals surface area contributed by atoms with Crippen LogP contribution in [-0.2, 0) is 21.9 Å². The fourth-order valence-electron chi connectivity index (χ4n) is 2.78. The summed E-state index contributed by atoms with van der Waals surface area (Å²) in [5, 5.41) is 2.59. The number of aromatic nitrogens is 1. The van der Waals surface area contributed by atoms with Gasteiger partial charge in [0.2, 0.25) is 15.9 Å². The minimum Gasteiger partial charge on any atom is -0.408 e. The summed E-state index contributed by atoms with van der Waals surface area (Å²) in [6.07, 6.45) is 2.09. The zero-order valence-corrected chi connectivity index (χ0v) is 17.8. The number of rotatable bonds is 8. The molecule has 1 amide bonds. The molecule has 1 heterocycles. The number of sulfonamides is 1. The van der Waals surface area contributed by atoms with Gasteiger partial charge in [0.15, 0.2) is 5.58 Å². The van der Waals surface area contributed by atoms with Crippen molar-refractivity contribution in [2.24, 2.45) is 7.05 Å². The summed E-state index contributed by atoms with van der Waals surface area (Å²) in [6.45, 7) is 0. The minimum absolute atomic E-state index is 0.127. The fraction of sp³-hybridized carbons (Fsp3) is 0.263. The molecule has 160 valence electrons. The van der Waals surface area contributed by atoms with Gasteiger partial charge in [-0.05, 0) is 54.8 Å². The van der Waals surface area contributed by atoms with Crippen LogP contribution >= 0.6 is 11.8 Å². The Labute approximate surface area is 176 Å². The first-order valence-corrected chi connectivity index (χ1v) is 11.8. The van der Waals surface area contributed by atoms with Crippen molar-refractivity contribution in [3.8, 4) is 0 Å². The molecule has 0 unspecified atom stereocenters. The number of fused-ring (bicyclic) bond motifs is 1. The summed E-state index contributed by atoms with van der Waals surface area (Å²) in [5.74, 6) is -1.08. The Balaban J connectivity index is 1.84. The minimum atomic E-state index is -4.08. The first kappa shape index (κ1) is 22.1. The van der Waals surface area contributed by atoms with Crippen LogP contribution in [0.2, 0.25) is 0 Å². The van der Waals surface area contributed by atoms with Gasteiger partial charge in [-0.25, -0.2) is 17.6 Å². The smallest absolute Gasteiger partial charge is 0.408 e. The van der Waals surface area contributed by atoms with E-state index in [1.54, 1.807) is 0 Å². The van der Waals surface area contributed by atoms with Crippen molar-refractivity contribution in [1.82, 2.24) is 9.29 Å². The van der Waals surface area contributed by atoms with Crippen LogP contribution in [0.5, 0.6) is 0 Å². The van der Waals surface area contributed by atoms with Crippen molar-refractivity contribution < 1.29 is 22.0 Å². The number of nitrogens with zero attached hydrogens (tertiary/aromatic N) is 1. The molecule has 0 aliphatic carbocycles. The molecule has 3 rings (SSSR count). The van der Waals surface area contributed by atoms with Gasteiger partial charge in [-0.15, -0.1) is 0 Å². The molecule has 2 aromatic carbocycles. The molecule has 0 aliphatic heterocycles. The van der Waals surface area contributed by atoms with Crippen molar-refractivity contribution in [1.29, 1.82) is 0 Å². The number of thioether (sulfide) groups is 1. The second kappa shape index (κ2) is 9.02. The highest BCUT2D eigenvalue weighted by Gasteiger charge is 2.26. The molecule has 11 heteroatoms. The van der Waals surface area contributed by atoms with Crippen LogP contribution in [-0.4, -0.2) is 36.9 Å². The summed E-state index contributed by atoms with van der Waals surface area (Å²) < 4.78 is 47.5. The topological polar surface area (TPSA) is 110 Å². The van der Waals surface area contributed by atoms with E-state index in [2.05, 4.69) is 10.0 Å². The van der Waals surface area contributed by atoms with Gasteiger partial charge in [-0.3, -0.25) is 9.36 Å². The lowest BCUT2D eigenvalue weighted by Crippen LogP contribution is -2.44. The van der Waals surface area contributed by atoms with E-state index in [1.165, 1.54) is 65.8 Å². The largest absolute Gasteiger partial charge is 0.419 e. The SMILES string of the molecule is CSCC[C@@H](NS(=O)(=O)c1ccc2c(c1)oc(=O)n2C)C(=O)Nc1ccc(F)cc1. The molecule has 0 spiro atoms. The molecule has 3 aromatic rings. The van der Waals surface area contributed by atoms with E-state index in [1.807, 2.05) is 6.26 Å². The number of halogens is 1. The number of carbonyl (C=O) groups is 1. The highest BCUT2D eigenvalue weighted by Crippen LogP contribution is 2.19. The second-order valence-electron chi connectivity index (χ2n) is 6.51. The molecule has 0 radical (unpaired) electrons. The average Bonchev–Trinajstić information content (AvgIpc) is 3.00. The summed E-state index contributed by atoms with van der Waals surface area (Å²) in [7, 11) is -2.57. The third kappa shape index (κ3) is 4.91. The van der Waals surface area contributed by atoms with E-state index in [9.17, 15) is 22.4 Å². The quantitative estimate of drug-likeness (QED) is 0.542. The van der Waals surface area contributed by atoms with E-state index in [4.69, 9.17) is 4.42 Å². The molecule has 0 aliphatic rings. The zero-order valence-electron chi connectivity index (χ0n) is 16.2. The number of hydrogen-bond acceptors (Lipinski definition) is 6. The predicted molar refractivity (Wildman–Crippen MR) is 114 cm³/mol. The second-order valence-corrected chi connectivity index (χ2v) is 9.21. The third-order valence-electron chi connectivity index (χ3n) is 4.41. The van der Waals surface area contributed by atoms with Gasteiger partial charge >= 0.3 is 5.76 Å². The maximum absolute atomic E-state index is 13.1. The Kier molecular flexibility index (Phi) is 6.64. The first-order chi connectivity index (χ1) is 14.2. The van der Waals surface area contributed by atoms with E-state index in [0.717, 1.165) is 0 Å². The van der Waals surface area contributed by atoms with Crippen molar-refractivity contribution >= 4 is 44.5 Å². The van der Waals surface area contributed by atoms with E-state index >= 15 is 0 Å². The lowest BCUT2D eigenvalue weighted by Gasteiger charge is -2.18. The number of hydrogen-bond donors (Lipinski definition) is 2. The van der Waals surface area contributed by atoms with Gasteiger partial charge < -0.3 is 9.73 Å². The number of nitrogens with one attached hydrogen (secondary N) is 2. The molecule has 0 fully saturated rings. The van der Waals surface area contributed by atoms with Crippen molar-refractivity contribution in [2.45, 2.75) is 17.4 Å². The number of anilines is 1. The number of oxazole rings is 1. The zero-order chi connectivity index (χ0) is 21.9. The summed E-state index contributed by atoms with van der Waals surface area (Å²) in [6, 6.07) is 8.15. The van der Waals surface area contributed by atoms with Gasteiger partial charge in [-0.2, -0.15) is 16.5 Å². The third-order valence-corrected chi connectivity index (χ3v) is 6.52. The van der Waals surface area contributed by atoms with Crippen molar-refractivity contribution in [2.75, 3.05) is 17.3 Å². The number of carbonyl (C=O) groups excluding carboxylic acids is 1. The standard InChI is InChI=1S/C19H20FN3O5S2/c1-23-16-8-7-14(11-17(16)28-19(23)25)30(26,27)22-15(9-10-29-2)18(24)21-13-5-3-12(20)4-6-13/h3-8,11,15,22H,9-10H2,1-2H3,(H,21,24)/t15-/m1/s1. The lowest BCUT2D eigenvalue weighted by molar-refractivity contribution is -0.117. The molecule has 8 nitrogen and oxygen atoms in total. The molecule has 30 heavy (non-hydrogen) atoms. The Morgan fingerprint density at radius 3 is 2.60 bits per heavy atom. The summed E-state index contributed by atoms with van der Waals surface area (Å²) in [4.78, 5) is 24.2. The summed E-state index contributed by atoms with van der Waals surface area (Å²) in [5.41, 5.74) is 0.927. The monoisotopic (exact) mass is 453 g/mol. The number of benzene rings is 2. The lowest BCUT2D eigenvalue weighted by atomic mass is 10.2.